The lowest BCUT2D eigenvalue weighted by molar-refractivity contribution is -0.134. The fourth-order valence-corrected chi connectivity index (χ4v) is 4.95. The molecule has 5 rings (SSSR count). The van der Waals surface area contributed by atoms with Gasteiger partial charge < -0.3 is 9.30 Å². The van der Waals surface area contributed by atoms with Crippen molar-refractivity contribution < 1.29 is 4.79 Å². The Hall–Kier alpha value is -2.67. The summed E-state index contributed by atoms with van der Waals surface area (Å²) in [6.45, 7) is 3.38. The number of pyridine rings is 1. The van der Waals surface area contributed by atoms with Gasteiger partial charge in [0.25, 0.3) is 5.56 Å². The molecule has 1 aliphatic heterocycles. The Morgan fingerprint density at radius 2 is 1.76 bits per heavy atom. The van der Waals surface area contributed by atoms with Gasteiger partial charge in [-0.05, 0) is 37.1 Å². The van der Waals surface area contributed by atoms with Crippen LogP contribution >= 0.6 is 0 Å². The minimum atomic E-state index is -0.171. The maximum absolute atomic E-state index is 13.0. The highest BCUT2D eigenvalue weighted by Gasteiger charge is 2.27. The molecule has 2 aliphatic rings. The molecule has 3 aromatic rings. The minimum Gasteiger partial charge on any atom is -0.339 e. The number of hydrogen-bond acceptors (Lipinski definition) is 4. The Bertz CT molecular complexity index is 1090. The summed E-state index contributed by atoms with van der Waals surface area (Å²) in [4.78, 5) is 34.9. The summed E-state index contributed by atoms with van der Waals surface area (Å²) in [5.74, 6) is -0.00162. The largest absolute Gasteiger partial charge is 0.339 e. The van der Waals surface area contributed by atoms with Crippen LogP contribution in [0.25, 0.3) is 16.7 Å². The lowest BCUT2D eigenvalue weighted by Gasteiger charge is -2.40. The predicted molar refractivity (Wildman–Crippen MR) is 112 cm³/mol. The van der Waals surface area contributed by atoms with Crippen LogP contribution in [0.5, 0.6) is 0 Å². The minimum absolute atomic E-state index is 0.00162. The van der Waals surface area contributed by atoms with Crippen molar-refractivity contribution in [2.75, 3.05) is 26.2 Å². The molecule has 1 amide bonds. The molecule has 0 aromatic carbocycles. The Balaban J connectivity index is 1.35. The van der Waals surface area contributed by atoms with Gasteiger partial charge in [-0.15, -0.1) is 0 Å². The van der Waals surface area contributed by atoms with Gasteiger partial charge in [0.1, 0.15) is 12.1 Å². The van der Waals surface area contributed by atoms with Crippen molar-refractivity contribution in [3.05, 3.63) is 47.0 Å². The maximum Gasteiger partial charge on any atom is 0.276 e. The van der Waals surface area contributed by atoms with Crippen molar-refractivity contribution in [3.63, 3.8) is 0 Å². The molecule has 0 unspecified atom stereocenters. The van der Waals surface area contributed by atoms with Gasteiger partial charge in [0, 0.05) is 44.6 Å². The number of rotatable bonds is 3. The average Bonchev–Trinajstić information content (AvgIpc) is 3.28. The number of aromatic nitrogens is 3. The van der Waals surface area contributed by atoms with Crippen LogP contribution in [0.3, 0.4) is 0 Å². The van der Waals surface area contributed by atoms with E-state index in [1.165, 1.54) is 36.7 Å². The first kappa shape index (κ1) is 18.4. The third-order valence-electron chi connectivity index (χ3n) is 6.55. The van der Waals surface area contributed by atoms with Crippen LogP contribution in [0.15, 0.2) is 41.5 Å². The second kappa shape index (κ2) is 7.63. The summed E-state index contributed by atoms with van der Waals surface area (Å²) in [7, 11) is 0. The standard InChI is InChI=1S/C22H27N5O2/c28-20(25-14-12-24(13-15-25)17-6-2-1-3-7-17)16-27-21-18(8-4-10-23-21)26-11-5-9-19(26)22(27)29/h4-5,8-11,17H,1-3,6-7,12-16H2. The Labute approximate surface area is 169 Å². The van der Waals surface area contributed by atoms with Gasteiger partial charge in [-0.2, -0.15) is 0 Å². The van der Waals surface area contributed by atoms with Crippen LogP contribution in [0, 0.1) is 0 Å². The van der Waals surface area contributed by atoms with Crippen LogP contribution in [0.1, 0.15) is 32.1 Å². The van der Waals surface area contributed by atoms with Gasteiger partial charge in [-0.25, -0.2) is 4.98 Å². The summed E-state index contributed by atoms with van der Waals surface area (Å²) >= 11 is 0. The smallest absolute Gasteiger partial charge is 0.276 e. The van der Waals surface area contributed by atoms with Gasteiger partial charge in [-0.3, -0.25) is 19.1 Å². The van der Waals surface area contributed by atoms with E-state index < -0.39 is 0 Å². The van der Waals surface area contributed by atoms with Crippen LogP contribution in [0.2, 0.25) is 0 Å². The molecule has 0 bridgehead atoms. The van der Waals surface area contributed by atoms with Gasteiger partial charge in [0.15, 0.2) is 5.65 Å². The first-order chi connectivity index (χ1) is 14.2. The molecule has 29 heavy (non-hydrogen) atoms. The second-order valence-corrected chi connectivity index (χ2v) is 8.21. The van der Waals surface area contributed by atoms with Crippen LogP contribution in [0.4, 0.5) is 0 Å². The van der Waals surface area contributed by atoms with E-state index in [0.717, 1.165) is 31.7 Å². The van der Waals surface area contributed by atoms with Crippen LogP contribution in [-0.4, -0.2) is 61.9 Å². The number of hydrogen-bond donors (Lipinski definition) is 0. The van der Waals surface area contributed by atoms with Gasteiger partial charge >= 0.3 is 0 Å². The lowest BCUT2D eigenvalue weighted by atomic mass is 9.94. The third-order valence-corrected chi connectivity index (χ3v) is 6.55. The van der Waals surface area contributed by atoms with Crippen molar-refractivity contribution in [1.29, 1.82) is 0 Å². The molecule has 1 saturated heterocycles. The van der Waals surface area contributed by atoms with Crippen molar-refractivity contribution >= 4 is 22.6 Å². The molecule has 0 spiro atoms. The molecule has 2 fully saturated rings. The summed E-state index contributed by atoms with van der Waals surface area (Å²) in [6.07, 6.45) is 10.1. The second-order valence-electron chi connectivity index (χ2n) is 8.21. The highest BCUT2D eigenvalue weighted by molar-refractivity contribution is 5.80. The number of piperazine rings is 1. The Kier molecular flexibility index (Phi) is 4.83. The number of amides is 1. The number of carbonyl (C=O) groups is 1. The molecule has 152 valence electrons. The van der Waals surface area contributed by atoms with E-state index in [2.05, 4.69) is 9.88 Å². The zero-order valence-corrected chi connectivity index (χ0v) is 16.7. The van der Waals surface area contributed by atoms with E-state index in [9.17, 15) is 9.59 Å². The summed E-state index contributed by atoms with van der Waals surface area (Å²) < 4.78 is 3.37. The molecule has 7 nitrogen and oxygen atoms in total. The quantitative estimate of drug-likeness (QED) is 0.684. The number of fused-ring (bicyclic) bond motifs is 3. The van der Waals surface area contributed by atoms with E-state index in [0.29, 0.717) is 17.2 Å². The van der Waals surface area contributed by atoms with E-state index in [1.807, 2.05) is 33.7 Å². The topological polar surface area (TPSA) is 62.9 Å². The van der Waals surface area contributed by atoms with Crippen molar-refractivity contribution in [3.8, 4) is 0 Å². The normalized spacial score (nSPS) is 19.2. The van der Waals surface area contributed by atoms with Crippen molar-refractivity contribution in [1.82, 2.24) is 23.8 Å². The van der Waals surface area contributed by atoms with Gasteiger partial charge in [0.05, 0.1) is 5.52 Å². The maximum atomic E-state index is 13.0. The first-order valence-corrected chi connectivity index (χ1v) is 10.7. The molecule has 0 atom stereocenters. The van der Waals surface area contributed by atoms with Crippen LogP contribution in [-0.2, 0) is 11.3 Å². The zero-order chi connectivity index (χ0) is 19.8. The number of carbonyl (C=O) groups excluding carboxylic acids is 1. The molecule has 1 aliphatic carbocycles. The summed E-state index contributed by atoms with van der Waals surface area (Å²) in [6, 6.07) is 8.11. The van der Waals surface area contributed by atoms with Gasteiger partial charge in [-0.1, -0.05) is 19.3 Å². The molecule has 1 saturated carbocycles. The predicted octanol–water partition coefficient (Wildman–Crippen LogP) is 2.13. The fourth-order valence-electron chi connectivity index (χ4n) is 4.95. The zero-order valence-electron chi connectivity index (χ0n) is 16.7. The molecular formula is C22H27N5O2. The summed E-state index contributed by atoms with van der Waals surface area (Å²) in [5, 5.41) is 0. The van der Waals surface area contributed by atoms with Crippen molar-refractivity contribution in [2.45, 2.75) is 44.7 Å². The van der Waals surface area contributed by atoms with E-state index in [-0.39, 0.29) is 18.0 Å². The Morgan fingerprint density at radius 1 is 1.00 bits per heavy atom. The highest BCUT2D eigenvalue weighted by atomic mass is 16.2. The Morgan fingerprint density at radius 3 is 2.55 bits per heavy atom. The average molecular weight is 393 g/mol. The van der Waals surface area contributed by atoms with Crippen LogP contribution < -0.4 is 5.56 Å². The monoisotopic (exact) mass is 393 g/mol. The molecule has 0 radical (unpaired) electrons. The molecule has 0 N–H and O–H groups in total. The van der Waals surface area contributed by atoms with Crippen molar-refractivity contribution in [2.24, 2.45) is 0 Å². The van der Waals surface area contributed by atoms with E-state index >= 15 is 0 Å². The molecule has 3 aromatic heterocycles. The lowest BCUT2D eigenvalue weighted by Crippen LogP contribution is -2.53. The first-order valence-electron chi connectivity index (χ1n) is 10.7. The fraction of sp³-hybridized carbons (Fsp3) is 0.500. The summed E-state index contributed by atoms with van der Waals surface area (Å²) in [5.41, 5.74) is 1.79. The van der Waals surface area contributed by atoms with E-state index in [4.69, 9.17) is 0 Å². The molecule has 4 heterocycles. The highest BCUT2D eigenvalue weighted by Crippen LogP contribution is 2.23. The third kappa shape index (κ3) is 3.33. The van der Waals surface area contributed by atoms with E-state index in [1.54, 1.807) is 12.3 Å². The molecule has 7 heteroatoms. The SMILES string of the molecule is O=C(Cn1c(=O)c2cccn2c2cccnc21)N1CCN(C2CCCCC2)CC1. The number of nitrogens with zero attached hydrogens (tertiary/aromatic N) is 5. The molecular weight excluding hydrogens is 366 g/mol. The van der Waals surface area contributed by atoms with Gasteiger partial charge in [0.2, 0.25) is 5.91 Å².